The number of nitrogens with one attached hydrogen (secondary N) is 1. The van der Waals surface area contributed by atoms with Gasteiger partial charge in [-0.05, 0) is 41.0 Å². The van der Waals surface area contributed by atoms with Crippen LogP contribution in [0.15, 0.2) is 48.5 Å². The molecule has 0 aromatic heterocycles. The Balaban J connectivity index is 1.27. The second-order valence-electron chi connectivity index (χ2n) is 9.02. The maximum Gasteiger partial charge on any atom is 0.407 e. The number of aliphatic hydroxyl groups is 1. The molecule has 8 heteroatoms. The molecular formula is C25H26N2O6. The predicted molar refractivity (Wildman–Crippen MR) is 118 cm³/mol. The number of hydrogen-bond donors (Lipinski definition) is 3. The fourth-order valence-corrected chi connectivity index (χ4v) is 5.05. The van der Waals surface area contributed by atoms with Crippen molar-refractivity contribution >= 4 is 18.0 Å². The number of carboxylic acids is 1. The van der Waals surface area contributed by atoms with Gasteiger partial charge in [-0.25, -0.2) is 9.59 Å². The molecule has 2 fully saturated rings. The van der Waals surface area contributed by atoms with E-state index in [0.29, 0.717) is 0 Å². The molecule has 5 rings (SSSR count). The molecule has 0 bridgehead atoms. The van der Waals surface area contributed by atoms with E-state index in [1.165, 1.54) is 4.90 Å². The van der Waals surface area contributed by atoms with E-state index in [-0.39, 0.29) is 31.4 Å². The van der Waals surface area contributed by atoms with E-state index in [4.69, 9.17) is 4.74 Å². The van der Waals surface area contributed by atoms with E-state index in [2.05, 4.69) is 17.4 Å². The number of β-amino-alcohol motifs (C(OH)–C–C–N with tert-alkyl or cyclic N) is 1. The maximum atomic E-state index is 13.1. The molecule has 1 saturated carbocycles. The molecule has 0 radical (unpaired) electrons. The monoisotopic (exact) mass is 450 g/mol. The van der Waals surface area contributed by atoms with Crippen molar-refractivity contribution in [2.75, 3.05) is 13.2 Å². The molecule has 1 unspecified atom stereocenters. The topological polar surface area (TPSA) is 116 Å². The summed E-state index contributed by atoms with van der Waals surface area (Å²) in [5.41, 5.74) is 4.44. The number of carboxylic acid groups (broad SMARTS) is 1. The first-order chi connectivity index (χ1) is 15.9. The van der Waals surface area contributed by atoms with Crippen LogP contribution in [0.1, 0.15) is 36.3 Å². The highest BCUT2D eigenvalue weighted by Gasteiger charge is 2.46. The minimum Gasteiger partial charge on any atom is -0.480 e. The van der Waals surface area contributed by atoms with Crippen LogP contribution in [0, 0.1) is 5.92 Å². The number of aliphatic carboxylic acids is 1. The average Bonchev–Trinajstić information content (AvgIpc) is 3.50. The lowest BCUT2D eigenvalue weighted by Crippen LogP contribution is -2.53. The Hall–Kier alpha value is -3.39. The van der Waals surface area contributed by atoms with Gasteiger partial charge < -0.3 is 25.2 Å². The number of ether oxygens (including phenoxy) is 1. The van der Waals surface area contributed by atoms with Crippen molar-refractivity contribution in [3.63, 3.8) is 0 Å². The van der Waals surface area contributed by atoms with Crippen molar-refractivity contribution in [1.29, 1.82) is 0 Å². The maximum absolute atomic E-state index is 13.1. The van der Waals surface area contributed by atoms with Crippen molar-refractivity contribution in [2.24, 2.45) is 5.92 Å². The van der Waals surface area contributed by atoms with Crippen LogP contribution >= 0.6 is 0 Å². The molecule has 2 amide bonds. The highest BCUT2D eigenvalue weighted by Crippen LogP contribution is 2.44. The molecule has 3 aliphatic rings. The van der Waals surface area contributed by atoms with E-state index in [0.717, 1.165) is 35.1 Å². The summed E-state index contributed by atoms with van der Waals surface area (Å²) in [5.74, 6) is -1.78. The van der Waals surface area contributed by atoms with Gasteiger partial charge in [-0.3, -0.25) is 4.79 Å². The first kappa shape index (κ1) is 21.5. The van der Waals surface area contributed by atoms with Gasteiger partial charge in [0.15, 0.2) is 0 Å². The van der Waals surface area contributed by atoms with Gasteiger partial charge in [-0.15, -0.1) is 0 Å². The molecule has 3 atom stereocenters. The Labute approximate surface area is 191 Å². The summed E-state index contributed by atoms with van der Waals surface area (Å²) in [7, 11) is 0. The zero-order chi connectivity index (χ0) is 23.1. The lowest BCUT2D eigenvalue weighted by Gasteiger charge is -2.27. The van der Waals surface area contributed by atoms with Crippen LogP contribution in [0.3, 0.4) is 0 Å². The molecule has 1 heterocycles. The van der Waals surface area contributed by atoms with Gasteiger partial charge in [-0.2, -0.15) is 0 Å². The van der Waals surface area contributed by atoms with Gasteiger partial charge in [0.25, 0.3) is 0 Å². The largest absolute Gasteiger partial charge is 0.480 e. The number of hydrogen-bond acceptors (Lipinski definition) is 5. The second kappa shape index (κ2) is 8.51. The highest BCUT2D eigenvalue weighted by atomic mass is 16.5. The molecule has 3 N–H and O–H groups in total. The van der Waals surface area contributed by atoms with Crippen LogP contribution in [-0.2, 0) is 14.3 Å². The van der Waals surface area contributed by atoms with Crippen LogP contribution in [0.4, 0.5) is 4.79 Å². The Bertz CT molecular complexity index is 1050. The molecule has 2 aliphatic carbocycles. The first-order valence-corrected chi connectivity index (χ1v) is 11.3. The van der Waals surface area contributed by atoms with Crippen molar-refractivity contribution in [2.45, 2.75) is 43.4 Å². The van der Waals surface area contributed by atoms with Crippen LogP contribution in [0.25, 0.3) is 11.1 Å². The van der Waals surface area contributed by atoms with Gasteiger partial charge in [0.05, 0.1) is 6.10 Å². The van der Waals surface area contributed by atoms with Gasteiger partial charge in [0, 0.05) is 18.9 Å². The van der Waals surface area contributed by atoms with E-state index in [9.17, 15) is 24.6 Å². The summed E-state index contributed by atoms with van der Waals surface area (Å²) in [4.78, 5) is 38.5. The fraction of sp³-hybridized carbons (Fsp3) is 0.400. The molecule has 2 aromatic rings. The summed E-state index contributed by atoms with van der Waals surface area (Å²) in [6.45, 7) is 0.0804. The molecule has 0 spiro atoms. The molecule has 1 aliphatic heterocycles. The smallest absolute Gasteiger partial charge is 0.407 e. The number of aliphatic hydroxyl groups excluding tert-OH is 1. The number of nitrogens with zero attached hydrogens (tertiary/aromatic N) is 1. The van der Waals surface area contributed by atoms with Crippen molar-refractivity contribution < 1.29 is 29.3 Å². The normalized spacial score (nSPS) is 22.4. The summed E-state index contributed by atoms with van der Waals surface area (Å²) in [6, 6.07) is 14.1. The van der Waals surface area contributed by atoms with Crippen molar-refractivity contribution in [3.05, 3.63) is 59.7 Å². The zero-order valence-electron chi connectivity index (χ0n) is 18.0. The summed E-state index contributed by atoms with van der Waals surface area (Å²) in [6.07, 6.45) is -0.0516. The minimum atomic E-state index is -1.16. The van der Waals surface area contributed by atoms with E-state index < -0.39 is 36.2 Å². The Kier molecular flexibility index (Phi) is 5.54. The minimum absolute atomic E-state index is 0.0105. The summed E-state index contributed by atoms with van der Waals surface area (Å²) < 4.78 is 5.57. The van der Waals surface area contributed by atoms with Crippen molar-refractivity contribution in [1.82, 2.24) is 10.2 Å². The highest BCUT2D eigenvalue weighted by molar-refractivity contribution is 5.90. The fourth-order valence-electron chi connectivity index (χ4n) is 5.05. The number of rotatable bonds is 6. The van der Waals surface area contributed by atoms with Gasteiger partial charge in [0.2, 0.25) is 5.91 Å². The number of carbonyl (C=O) groups excluding carboxylic acids is 2. The van der Waals surface area contributed by atoms with Crippen LogP contribution in [0.2, 0.25) is 0 Å². The lowest BCUT2D eigenvalue weighted by molar-refractivity contribution is -0.149. The Morgan fingerprint density at radius 2 is 1.64 bits per heavy atom. The van der Waals surface area contributed by atoms with E-state index in [1.54, 1.807) is 0 Å². The first-order valence-electron chi connectivity index (χ1n) is 11.3. The molecule has 2 aromatic carbocycles. The third kappa shape index (κ3) is 4.06. The Morgan fingerprint density at radius 1 is 1.03 bits per heavy atom. The molecule has 33 heavy (non-hydrogen) atoms. The standard InChI is InChI=1S/C25H26N2O6/c28-15-11-21(24(30)31)27(12-15)23(29)22(14-9-10-14)26-25(32)33-13-20-18-7-3-1-5-16(18)17-6-2-4-8-19(17)20/h1-8,14-15,20-22,28H,9-13H2,(H,26,32)(H,30,31)/t15-,21-,22?/m0/s1. The molecule has 1 saturated heterocycles. The number of carbonyl (C=O) groups is 3. The quantitative estimate of drug-likeness (QED) is 0.622. The van der Waals surface area contributed by atoms with Gasteiger partial charge >= 0.3 is 12.1 Å². The second-order valence-corrected chi connectivity index (χ2v) is 9.02. The number of benzene rings is 2. The van der Waals surface area contributed by atoms with E-state index in [1.807, 2.05) is 36.4 Å². The number of alkyl carbamates (subject to hydrolysis) is 1. The average molecular weight is 450 g/mol. The lowest BCUT2D eigenvalue weighted by atomic mass is 9.98. The van der Waals surface area contributed by atoms with Crippen LogP contribution in [-0.4, -0.2) is 64.4 Å². The van der Waals surface area contributed by atoms with Crippen molar-refractivity contribution in [3.8, 4) is 11.1 Å². The van der Waals surface area contributed by atoms with Crippen LogP contribution in [0.5, 0.6) is 0 Å². The number of fused-ring (bicyclic) bond motifs is 3. The van der Waals surface area contributed by atoms with Gasteiger partial charge in [-0.1, -0.05) is 48.5 Å². The number of likely N-dealkylation sites (tertiary alicyclic amines) is 1. The summed E-state index contributed by atoms with van der Waals surface area (Å²) >= 11 is 0. The molecule has 172 valence electrons. The van der Waals surface area contributed by atoms with Crippen LogP contribution < -0.4 is 5.32 Å². The Morgan fingerprint density at radius 3 is 2.21 bits per heavy atom. The SMILES string of the molecule is O=C(NC(C(=O)N1C[C@@H](O)C[C@H]1C(=O)O)C1CC1)OCC1c2ccccc2-c2ccccc21. The predicted octanol–water partition coefficient (Wildman–Crippen LogP) is 2.35. The third-order valence-corrected chi connectivity index (χ3v) is 6.82. The molecular weight excluding hydrogens is 424 g/mol. The van der Waals surface area contributed by atoms with Gasteiger partial charge in [0.1, 0.15) is 18.7 Å². The zero-order valence-corrected chi connectivity index (χ0v) is 18.0. The molecule has 8 nitrogen and oxygen atoms in total. The third-order valence-electron chi connectivity index (χ3n) is 6.82. The summed E-state index contributed by atoms with van der Waals surface area (Å²) in [5, 5.41) is 22.0. The number of amides is 2. The van der Waals surface area contributed by atoms with E-state index >= 15 is 0 Å².